The van der Waals surface area contributed by atoms with Crippen molar-refractivity contribution in [1.29, 1.82) is 0 Å². The molecule has 1 N–H and O–H groups in total. The minimum absolute atomic E-state index is 0.0291. The summed E-state index contributed by atoms with van der Waals surface area (Å²) in [6.45, 7) is 12.7. The summed E-state index contributed by atoms with van der Waals surface area (Å²) in [5, 5.41) is 2.66. The lowest BCUT2D eigenvalue weighted by molar-refractivity contribution is -0.117. The summed E-state index contributed by atoms with van der Waals surface area (Å²) in [6, 6.07) is 14.7. The van der Waals surface area contributed by atoms with Crippen LogP contribution < -0.4 is 10.2 Å². The molecule has 4 nitrogen and oxygen atoms in total. The van der Waals surface area contributed by atoms with E-state index in [9.17, 15) is 4.79 Å². The van der Waals surface area contributed by atoms with Gasteiger partial charge < -0.3 is 15.0 Å². The van der Waals surface area contributed by atoms with Crippen molar-refractivity contribution in [3.05, 3.63) is 59.2 Å². The van der Waals surface area contributed by atoms with Gasteiger partial charge in [-0.3, -0.25) is 4.79 Å². The highest BCUT2D eigenvalue weighted by atomic mass is 28.1. The van der Waals surface area contributed by atoms with Gasteiger partial charge in [-0.2, -0.15) is 0 Å². The molecule has 1 atom stereocenters. The first-order chi connectivity index (χ1) is 14.1. The van der Waals surface area contributed by atoms with Crippen molar-refractivity contribution in [2.75, 3.05) is 29.9 Å². The van der Waals surface area contributed by atoms with E-state index in [0.717, 1.165) is 41.9 Å². The van der Waals surface area contributed by atoms with Crippen LogP contribution in [0.15, 0.2) is 42.5 Å². The average molecular weight is 422 g/mol. The van der Waals surface area contributed by atoms with Gasteiger partial charge in [-0.05, 0) is 54.5 Å². The summed E-state index contributed by atoms with van der Waals surface area (Å²) in [6.07, 6.45) is 1.35. The first-order valence-electron chi connectivity index (χ1n) is 10.7. The molecule has 0 saturated carbocycles. The van der Waals surface area contributed by atoms with Crippen molar-refractivity contribution >= 4 is 27.5 Å². The van der Waals surface area contributed by atoms with E-state index in [1.54, 1.807) is 0 Å². The number of aryl methyl sites for hydroxylation is 2. The van der Waals surface area contributed by atoms with Gasteiger partial charge in [-0.1, -0.05) is 51.1 Å². The maximum Gasteiger partial charge on any atom is 0.224 e. The molecule has 159 valence electrons. The van der Waals surface area contributed by atoms with Crippen LogP contribution in [0.2, 0.25) is 0 Å². The molecule has 2 aromatic carbocycles. The number of hydrogen-bond acceptors (Lipinski definition) is 3. The third-order valence-electron chi connectivity index (χ3n) is 5.52. The first-order valence-corrected chi connectivity index (χ1v) is 11.2. The Morgan fingerprint density at radius 2 is 1.77 bits per heavy atom. The fraction of sp³-hybridized carbons (Fsp3) is 0.480. The van der Waals surface area contributed by atoms with Crippen LogP contribution in [-0.2, 0) is 14.8 Å². The Balaban J connectivity index is 1.74. The monoisotopic (exact) mass is 421 g/mol. The second-order valence-corrected chi connectivity index (χ2v) is 10.3. The fourth-order valence-electron chi connectivity index (χ4n) is 3.99. The Bertz CT molecular complexity index is 869. The molecular formula is C25H33N2O2Si. The van der Waals surface area contributed by atoms with Gasteiger partial charge in [0.05, 0.1) is 22.1 Å². The third kappa shape index (κ3) is 5.52. The molecule has 1 saturated heterocycles. The molecule has 0 unspecified atom stereocenters. The largest absolute Gasteiger partial charge is 0.373 e. The number of amides is 1. The van der Waals surface area contributed by atoms with Gasteiger partial charge in [-0.15, -0.1) is 0 Å². The number of anilines is 2. The second kappa shape index (κ2) is 8.94. The molecule has 0 aliphatic carbocycles. The zero-order valence-corrected chi connectivity index (χ0v) is 19.8. The lowest BCUT2D eigenvalue weighted by atomic mass is 9.92. The molecule has 2 aromatic rings. The van der Waals surface area contributed by atoms with Crippen LogP contribution in [0.1, 0.15) is 50.3 Å². The van der Waals surface area contributed by atoms with Crippen molar-refractivity contribution in [2.45, 2.75) is 52.7 Å². The van der Waals surface area contributed by atoms with Crippen molar-refractivity contribution in [3.8, 4) is 0 Å². The van der Waals surface area contributed by atoms with Crippen LogP contribution in [0.5, 0.6) is 0 Å². The molecule has 1 aliphatic rings. The van der Waals surface area contributed by atoms with E-state index in [-0.39, 0.29) is 11.3 Å². The van der Waals surface area contributed by atoms with E-state index >= 15 is 0 Å². The molecular weight excluding hydrogens is 388 g/mol. The van der Waals surface area contributed by atoms with Crippen LogP contribution in [-0.4, -0.2) is 35.8 Å². The Hall–Kier alpha value is -2.11. The predicted octanol–water partition coefficient (Wildman–Crippen LogP) is 4.93. The highest BCUT2D eigenvalue weighted by Crippen LogP contribution is 2.32. The average Bonchev–Trinajstić information content (AvgIpc) is 2.87. The van der Waals surface area contributed by atoms with Gasteiger partial charge in [0.15, 0.2) is 0 Å². The van der Waals surface area contributed by atoms with E-state index in [4.69, 9.17) is 4.74 Å². The van der Waals surface area contributed by atoms with E-state index in [2.05, 4.69) is 79.3 Å². The number of benzene rings is 2. The van der Waals surface area contributed by atoms with Crippen LogP contribution >= 0.6 is 0 Å². The Labute approximate surface area is 184 Å². The number of nitrogens with zero attached hydrogens (tertiary/aromatic N) is 1. The van der Waals surface area contributed by atoms with E-state index in [1.165, 1.54) is 5.69 Å². The van der Waals surface area contributed by atoms with Crippen molar-refractivity contribution < 1.29 is 9.53 Å². The maximum absolute atomic E-state index is 12.4. The van der Waals surface area contributed by atoms with Crippen molar-refractivity contribution in [3.63, 3.8) is 0 Å². The number of nitrogens with one attached hydrogen (secondary N) is 1. The molecule has 0 spiro atoms. The first kappa shape index (κ1) is 22.6. The summed E-state index contributed by atoms with van der Waals surface area (Å²) in [5.74, 6) is 0.0660. The summed E-state index contributed by atoms with van der Waals surface area (Å²) < 4.78 is 6.23. The fourth-order valence-corrected chi connectivity index (χ4v) is 4.37. The van der Waals surface area contributed by atoms with Crippen molar-refractivity contribution in [2.24, 2.45) is 5.41 Å². The molecule has 5 heteroatoms. The predicted molar refractivity (Wildman–Crippen MR) is 125 cm³/mol. The Morgan fingerprint density at radius 3 is 2.37 bits per heavy atom. The molecule has 0 bridgehead atoms. The molecule has 3 rings (SSSR count). The quantitative estimate of drug-likeness (QED) is 0.712. The Kier molecular flexibility index (Phi) is 6.73. The molecule has 1 aliphatic heterocycles. The number of carbonyl (C=O) groups excluding carboxylic acids is 1. The third-order valence-corrected chi connectivity index (χ3v) is 6.20. The van der Waals surface area contributed by atoms with Crippen LogP contribution in [0.4, 0.5) is 11.4 Å². The summed E-state index contributed by atoms with van der Waals surface area (Å²) in [7, 11) is 3.91. The van der Waals surface area contributed by atoms with Gasteiger partial charge in [0, 0.05) is 30.9 Å². The second-order valence-electron chi connectivity index (χ2n) is 9.52. The number of rotatable bonds is 4. The van der Waals surface area contributed by atoms with E-state index in [0.29, 0.717) is 13.0 Å². The van der Waals surface area contributed by atoms with Gasteiger partial charge >= 0.3 is 0 Å². The smallest absolute Gasteiger partial charge is 0.224 e. The SMILES string of the molecule is Cc1cc(N2CCO[C@@]([Si])(c3ccccc3)CC2)cc(C)c1NC(=O)CC(C)(C)C. The highest BCUT2D eigenvalue weighted by molar-refractivity contribution is 6.14. The highest BCUT2D eigenvalue weighted by Gasteiger charge is 2.31. The molecule has 1 heterocycles. The molecule has 1 fully saturated rings. The number of hydrogen-bond donors (Lipinski definition) is 1. The lowest BCUT2D eigenvalue weighted by Gasteiger charge is -2.29. The molecule has 1 amide bonds. The van der Waals surface area contributed by atoms with E-state index in [1.807, 2.05) is 18.2 Å². The van der Waals surface area contributed by atoms with Gasteiger partial charge in [0.1, 0.15) is 0 Å². The number of carbonyl (C=O) groups is 1. The van der Waals surface area contributed by atoms with Crippen LogP contribution in [0.3, 0.4) is 0 Å². The topological polar surface area (TPSA) is 41.6 Å². The molecule has 3 radical (unpaired) electrons. The summed E-state index contributed by atoms with van der Waals surface area (Å²) >= 11 is 0. The zero-order valence-electron chi connectivity index (χ0n) is 18.8. The summed E-state index contributed by atoms with van der Waals surface area (Å²) in [4.78, 5) is 14.8. The molecule has 0 aromatic heterocycles. The van der Waals surface area contributed by atoms with Gasteiger partial charge in [0.25, 0.3) is 0 Å². The van der Waals surface area contributed by atoms with Gasteiger partial charge in [0.2, 0.25) is 5.91 Å². The molecule has 30 heavy (non-hydrogen) atoms. The minimum atomic E-state index is -0.457. The van der Waals surface area contributed by atoms with Gasteiger partial charge in [-0.25, -0.2) is 0 Å². The standard InChI is InChI=1S/C25H33N2O2Si/c1-18-15-21(16-19(2)23(18)26-22(28)17-24(3,4)5)27-12-11-25(30,29-14-13-27)20-9-7-6-8-10-20/h6-10,15-16H,11-14,17H2,1-5H3,(H,26,28)/t25-/m0/s1. The maximum atomic E-state index is 12.4. The Morgan fingerprint density at radius 1 is 1.13 bits per heavy atom. The van der Waals surface area contributed by atoms with E-state index < -0.39 is 5.22 Å². The zero-order chi connectivity index (χ0) is 21.9. The normalized spacial score (nSPS) is 20.0. The summed E-state index contributed by atoms with van der Waals surface area (Å²) in [5.41, 5.74) is 5.39. The number of ether oxygens (including phenoxy) is 1. The lowest BCUT2D eigenvalue weighted by Crippen LogP contribution is -2.31. The minimum Gasteiger partial charge on any atom is -0.373 e. The van der Waals surface area contributed by atoms with Crippen LogP contribution in [0.25, 0.3) is 0 Å². The van der Waals surface area contributed by atoms with Crippen LogP contribution in [0, 0.1) is 19.3 Å². The van der Waals surface area contributed by atoms with Crippen molar-refractivity contribution in [1.82, 2.24) is 0 Å².